The Morgan fingerprint density at radius 1 is 1.42 bits per heavy atom. The van der Waals surface area contributed by atoms with Gasteiger partial charge in [0, 0.05) is 6.20 Å². The van der Waals surface area contributed by atoms with E-state index in [0.29, 0.717) is 0 Å². The summed E-state index contributed by atoms with van der Waals surface area (Å²) in [7, 11) is 0. The summed E-state index contributed by atoms with van der Waals surface area (Å²) in [5, 5.41) is 0. The van der Waals surface area contributed by atoms with Crippen LogP contribution in [0.25, 0.3) is 12.3 Å². The van der Waals surface area contributed by atoms with Crippen molar-refractivity contribution in [2.45, 2.75) is 20.8 Å². The van der Waals surface area contributed by atoms with Crippen LogP contribution in [0.3, 0.4) is 0 Å². The highest BCUT2D eigenvalue weighted by Gasteiger charge is 1.98. The number of rotatable bonds is 2. The largest absolute Gasteiger partial charge is 0.307 e. The Hall–Kier alpha value is -1.31. The van der Waals surface area contributed by atoms with Crippen molar-refractivity contribution < 1.29 is 0 Å². The van der Waals surface area contributed by atoms with E-state index in [1.165, 1.54) is 0 Å². The van der Waals surface area contributed by atoms with Crippen LogP contribution < -0.4 is 0 Å². The molecular formula is C10H16N2. The topological polar surface area (TPSA) is 17.8 Å². The van der Waals surface area contributed by atoms with Gasteiger partial charge in [-0.25, -0.2) is 4.98 Å². The Balaban J connectivity index is 0.000000561. The Kier molecular flexibility index (Phi) is 4.77. The summed E-state index contributed by atoms with van der Waals surface area (Å²) >= 11 is 0. The maximum Gasteiger partial charge on any atom is 0.0995 e. The van der Waals surface area contributed by atoms with Gasteiger partial charge in [-0.05, 0) is 13.0 Å². The monoisotopic (exact) mass is 164 g/mol. The van der Waals surface area contributed by atoms with E-state index in [1.54, 1.807) is 18.6 Å². The summed E-state index contributed by atoms with van der Waals surface area (Å²) in [4.78, 5) is 4.08. The highest BCUT2D eigenvalue weighted by molar-refractivity contribution is 5.48. The Morgan fingerprint density at radius 2 is 2.00 bits per heavy atom. The minimum Gasteiger partial charge on any atom is -0.307 e. The van der Waals surface area contributed by atoms with Gasteiger partial charge in [0.2, 0.25) is 0 Å². The molecule has 66 valence electrons. The average molecular weight is 164 g/mol. The van der Waals surface area contributed by atoms with Gasteiger partial charge in [0.1, 0.15) is 0 Å². The van der Waals surface area contributed by atoms with E-state index in [2.05, 4.69) is 18.1 Å². The summed E-state index contributed by atoms with van der Waals surface area (Å²) in [5.41, 5.74) is 1.99. The summed E-state index contributed by atoms with van der Waals surface area (Å²) in [5.74, 6) is 0. The summed E-state index contributed by atoms with van der Waals surface area (Å²) in [6, 6.07) is 0. The number of nitrogens with zero attached hydrogens (tertiary/aromatic N) is 2. The molecule has 0 aromatic carbocycles. The molecule has 1 aromatic rings. The van der Waals surface area contributed by atoms with Gasteiger partial charge in [-0.15, -0.1) is 0 Å². The fourth-order valence-electron chi connectivity index (χ4n) is 0.863. The van der Waals surface area contributed by atoms with E-state index in [0.717, 1.165) is 11.4 Å². The highest BCUT2D eigenvalue weighted by atomic mass is 15.0. The van der Waals surface area contributed by atoms with Crippen LogP contribution in [0.2, 0.25) is 0 Å². The zero-order chi connectivity index (χ0) is 9.56. The van der Waals surface area contributed by atoms with Crippen LogP contribution in [0, 0.1) is 6.92 Å². The standard InChI is InChI=1S/C8H10N2.C2H6/c1-4-8-7(3)9-6-10(8)5-2;1-2/h4-6H,1-2H2,3H3;1-2H3. The molecule has 0 unspecified atom stereocenters. The van der Waals surface area contributed by atoms with Gasteiger partial charge in [0.25, 0.3) is 0 Å². The van der Waals surface area contributed by atoms with Crippen molar-refractivity contribution in [3.05, 3.63) is 30.9 Å². The van der Waals surface area contributed by atoms with Crippen LogP contribution in [-0.2, 0) is 0 Å². The predicted octanol–water partition coefficient (Wildman–Crippen LogP) is 2.96. The Labute approximate surface area is 74.3 Å². The number of hydrogen-bond acceptors (Lipinski definition) is 1. The molecule has 0 aliphatic rings. The molecule has 0 aliphatic heterocycles. The SMILES string of the molecule is C=Cc1c(C)ncn1C=C.CC. The molecule has 0 radical (unpaired) electrons. The third kappa shape index (κ3) is 2.09. The Bertz CT molecular complexity index is 259. The van der Waals surface area contributed by atoms with Gasteiger partial charge in [0.15, 0.2) is 0 Å². The van der Waals surface area contributed by atoms with E-state index >= 15 is 0 Å². The lowest BCUT2D eigenvalue weighted by Crippen LogP contribution is -1.85. The van der Waals surface area contributed by atoms with E-state index in [4.69, 9.17) is 0 Å². The number of imidazole rings is 1. The normalized spacial score (nSPS) is 8.25. The lowest BCUT2D eigenvalue weighted by Gasteiger charge is -1.94. The molecule has 1 rings (SSSR count). The van der Waals surface area contributed by atoms with Gasteiger partial charge in [-0.1, -0.05) is 27.0 Å². The second-order valence-corrected chi connectivity index (χ2v) is 2.01. The molecule has 0 fully saturated rings. The maximum absolute atomic E-state index is 4.08. The summed E-state index contributed by atoms with van der Waals surface area (Å²) in [6.07, 6.45) is 5.19. The second kappa shape index (κ2) is 5.35. The van der Waals surface area contributed by atoms with Crippen molar-refractivity contribution in [2.24, 2.45) is 0 Å². The van der Waals surface area contributed by atoms with Crippen molar-refractivity contribution in [3.63, 3.8) is 0 Å². The molecule has 0 aliphatic carbocycles. The van der Waals surface area contributed by atoms with Gasteiger partial charge < -0.3 is 4.57 Å². The van der Waals surface area contributed by atoms with Crippen molar-refractivity contribution in [1.82, 2.24) is 9.55 Å². The molecule has 0 bridgehead atoms. The van der Waals surface area contributed by atoms with Crippen LogP contribution in [0.5, 0.6) is 0 Å². The first-order chi connectivity index (χ1) is 5.79. The first kappa shape index (κ1) is 10.7. The number of aromatic nitrogens is 2. The molecule has 0 atom stereocenters. The van der Waals surface area contributed by atoms with Crippen LogP contribution in [0.1, 0.15) is 25.2 Å². The predicted molar refractivity (Wildman–Crippen MR) is 54.8 cm³/mol. The summed E-state index contributed by atoms with van der Waals surface area (Å²) in [6.45, 7) is 13.2. The fourth-order valence-corrected chi connectivity index (χ4v) is 0.863. The number of aryl methyl sites for hydroxylation is 1. The van der Waals surface area contributed by atoms with E-state index in [1.807, 2.05) is 25.3 Å². The molecule has 1 aromatic heterocycles. The van der Waals surface area contributed by atoms with E-state index in [9.17, 15) is 0 Å². The lowest BCUT2D eigenvalue weighted by molar-refractivity contribution is 1.13. The quantitative estimate of drug-likeness (QED) is 0.657. The molecule has 1 heterocycles. The van der Waals surface area contributed by atoms with Crippen molar-refractivity contribution in [2.75, 3.05) is 0 Å². The molecular weight excluding hydrogens is 148 g/mol. The molecule has 0 saturated carbocycles. The first-order valence-electron chi connectivity index (χ1n) is 4.08. The van der Waals surface area contributed by atoms with Crippen LogP contribution in [-0.4, -0.2) is 9.55 Å². The Morgan fingerprint density at radius 3 is 2.33 bits per heavy atom. The van der Waals surface area contributed by atoms with Crippen LogP contribution in [0.15, 0.2) is 19.5 Å². The molecule has 0 amide bonds. The average Bonchev–Trinajstić information content (AvgIpc) is 2.49. The minimum absolute atomic E-state index is 0.981. The number of hydrogen-bond donors (Lipinski definition) is 0. The zero-order valence-corrected chi connectivity index (χ0v) is 8.04. The molecule has 2 nitrogen and oxygen atoms in total. The molecule has 0 N–H and O–H groups in total. The third-order valence-electron chi connectivity index (χ3n) is 1.41. The van der Waals surface area contributed by atoms with Gasteiger partial charge in [-0.2, -0.15) is 0 Å². The summed E-state index contributed by atoms with van der Waals surface area (Å²) < 4.78 is 1.84. The van der Waals surface area contributed by atoms with Gasteiger partial charge in [0.05, 0.1) is 17.7 Å². The van der Waals surface area contributed by atoms with Crippen molar-refractivity contribution in [3.8, 4) is 0 Å². The van der Waals surface area contributed by atoms with Gasteiger partial charge >= 0.3 is 0 Å². The maximum atomic E-state index is 4.08. The van der Waals surface area contributed by atoms with Crippen LogP contribution in [0.4, 0.5) is 0 Å². The van der Waals surface area contributed by atoms with Crippen LogP contribution >= 0.6 is 0 Å². The molecule has 12 heavy (non-hydrogen) atoms. The van der Waals surface area contributed by atoms with E-state index in [-0.39, 0.29) is 0 Å². The lowest BCUT2D eigenvalue weighted by atomic mass is 10.3. The van der Waals surface area contributed by atoms with Gasteiger partial charge in [-0.3, -0.25) is 0 Å². The molecule has 0 saturated heterocycles. The van der Waals surface area contributed by atoms with Crippen molar-refractivity contribution >= 4 is 12.3 Å². The van der Waals surface area contributed by atoms with E-state index < -0.39 is 0 Å². The first-order valence-corrected chi connectivity index (χ1v) is 4.08. The fraction of sp³-hybridized carbons (Fsp3) is 0.300. The molecule has 2 heteroatoms. The third-order valence-corrected chi connectivity index (χ3v) is 1.41. The minimum atomic E-state index is 0.981. The molecule has 0 spiro atoms. The smallest absolute Gasteiger partial charge is 0.0995 e. The second-order valence-electron chi connectivity index (χ2n) is 2.01. The highest BCUT2D eigenvalue weighted by Crippen LogP contribution is 2.06. The van der Waals surface area contributed by atoms with Crippen molar-refractivity contribution in [1.29, 1.82) is 0 Å². The zero-order valence-electron chi connectivity index (χ0n) is 8.04.